The van der Waals surface area contributed by atoms with E-state index < -0.39 is 25.6 Å². The van der Waals surface area contributed by atoms with Crippen molar-refractivity contribution in [3.8, 4) is 0 Å². The molecular weight excluding hydrogens is 325 g/mol. The number of carboxylic acids is 1. The summed E-state index contributed by atoms with van der Waals surface area (Å²) >= 11 is 0. The van der Waals surface area contributed by atoms with Crippen molar-refractivity contribution in [2.45, 2.75) is 51.1 Å². The van der Waals surface area contributed by atoms with Gasteiger partial charge >= 0.3 is 5.97 Å². The molecule has 0 radical (unpaired) electrons. The Morgan fingerprint density at radius 2 is 1.88 bits per heavy atom. The third kappa shape index (κ3) is 6.76. The van der Waals surface area contributed by atoms with E-state index in [4.69, 9.17) is 5.73 Å². The summed E-state index contributed by atoms with van der Waals surface area (Å²) in [7, 11) is -2.97. The lowest BCUT2D eigenvalue weighted by molar-refractivity contribution is -0.142. The molecule has 136 valence electrons. The van der Waals surface area contributed by atoms with Crippen LogP contribution >= 0.6 is 8.03 Å². The fraction of sp³-hybridized carbons (Fsp3) is 0.611. The number of nitrogens with two attached hydrogens (primary N) is 1. The lowest BCUT2D eigenvalue weighted by Crippen LogP contribution is -2.33. The van der Waals surface area contributed by atoms with Gasteiger partial charge in [-0.2, -0.15) is 0 Å². The molecule has 0 fully saturated rings. The lowest BCUT2D eigenvalue weighted by Gasteiger charge is -2.30. The van der Waals surface area contributed by atoms with Crippen LogP contribution in [-0.2, 0) is 15.8 Å². The summed E-state index contributed by atoms with van der Waals surface area (Å²) < 4.78 is 12.1. The summed E-state index contributed by atoms with van der Waals surface area (Å²) in [5, 5.41) is 9.60. The molecule has 5 nitrogen and oxygen atoms in total. The van der Waals surface area contributed by atoms with Crippen LogP contribution in [0.25, 0.3) is 0 Å². The molecule has 1 aromatic rings. The second-order valence-corrected chi connectivity index (χ2v) is 7.67. The number of unbranched alkanes of at least 4 members (excludes halogenated alkanes) is 1. The van der Waals surface area contributed by atoms with E-state index in [0.717, 1.165) is 24.8 Å². The van der Waals surface area contributed by atoms with Gasteiger partial charge in [-0.1, -0.05) is 50.1 Å². The number of hydrogen-bond acceptors (Lipinski definition) is 3. The van der Waals surface area contributed by atoms with Crippen LogP contribution in [0.3, 0.4) is 0 Å². The molecule has 0 bridgehead atoms. The molecule has 0 spiro atoms. The van der Waals surface area contributed by atoms with E-state index in [1.54, 1.807) is 0 Å². The Balaban J connectivity index is 3.05. The Morgan fingerprint density at radius 3 is 2.38 bits per heavy atom. The van der Waals surface area contributed by atoms with Crippen molar-refractivity contribution in [1.29, 1.82) is 0 Å². The number of carbonyl (C=O) groups is 1. The summed E-state index contributed by atoms with van der Waals surface area (Å²) in [6, 6.07) is 9.73. The minimum Gasteiger partial charge on any atom is -0.481 e. The Morgan fingerprint density at radius 1 is 1.21 bits per heavy atom. The molecule has 0 saturated carbocycles. The zero-order chi connectivity index (χ0) is 17.9. The highest BCUT2D eigenvalue weighted by Gasteiger charge is 2.37. The Labute approximate surface area is 145 Å². The quantitative estimate of drug-likeness (QED) is 0.499. The topological polar surface area (TPSA) is 101 Å². The van der Waals surface area contributed by atoms with Crippen LogP contribution in [0.2, 0.25) is 0 Å². The normalized spacial score (nSPS) is 16.3. The van der Waals surface area contributed by atoms with Crippen molar-refractivity contribution in [1.82, 2.24) is 0 Å². The summed E-state index contributed by atoms with van der Waals surface area (Å²) in [5.41, 5.74) is 5.97. The average Bonchev–Trinajstić information content (AvgIpc) is 2.56. The lowest BCUT2D eigenvalue weighted by atomic mass is 9.83. The molecule has 6 heteroatoms. The first-order chi connectivity index (χ1) is 11.5. The van der Waals surface area contributed by atoms with E-state index in [-0.39, 0.29) is 5.92 Å². The van der Waals surface area contributed by atoms with E-state index in [2.05, 4.69) is 0 Å². The van der Waals surface area contributed by atoms with Crippen LogP contribution in [-0.4, -0.2) is 28.2 Å². The van der Waals surface area contributed by atoms with Crippen molar-refractivity contribution >= 4 is 14.0 Å². The smallest absolute Gasteiger partial charge is 0.307 e. The van der Waals surface area contributed by atoms with Crippen molar-refractivity contribution < 1.29 is 19.4 Å². The standard InChI is InChI=1S/C18H30NO4P/c1-2-3-11-16(18(20)21)17(24(22)23)15(10-7-12-19)13-14-8-5-4-6-9-14/h4-6,8-9,15-17,24H,2-3,7,10-13,19H2,1H3,(H,20,21)(H,22,23). The molecule has 0 aliphatic rings. The largest absolute Gasteiger partial charge is 0.481 e. The zero-order valence-electron chi connectivity index (χ0n) is 14.4. The molecule has 0 saturated heterocycles. The van der Waals surface area contributed by atoms with E-state index in [1.165, 1.54) is 0 Å². The molecule has 4 N–H and O–H groups in total. The highest BCUT2D eigenvalue weighted by atomic mass is 31.1. The predicted molar refractivity (Wildman–Crippen MR) is 97.6 cm³/mol. The van der Waals surface area contributed by atoms with Crippen LogP contribution < -0.4 is 5.73 Å². The summed E-state index contributed by atoms with van der Waals surface area (Å²) in [5.74, 6) is -1.88. The fourth-order valence-corrected chi connectivity index (χ4v) is 4.63. The van der Waals surface area contributed by atoms with Gasteiger partial charge in [-0.05, 0) is 43.7 Å². The van der Waals surface area contributed by atoms with E-state index in [0.29, 0.717) is 25.8 Å². The number of hydrogen-bond donors (Lipinski definition) is 3. The van der Waals surface area contributed by atoms with Crippen molar-refractivity contribution in [3.63, 3.8) is 0 Å². The molecule has 0 aromatic heterocycles. The fourth-order valence-electron chi connectivity index (χ4n) is 3.29. The van der Waals surface area contributed by atoms with Crippen molar-refractivity contribution in [3.05, 3.63) is 35.9 Å². The number of rotatable bonds is 12. The second kappa shape index (κ2) is 11.4. The predicted octanol–water partition coefficient (Wildman–Crippen LogP) is 3.31. The molecular formula is C18H30NO4P. The van der Waals surface area contributed by atoms with Gasteiger partial charge in [0.2, 0.25) is 0 Å². The van der Waals surface area contributed by atoms with E-state index in [1.807, 2.05) is 37.3 Å². The average molecular weight is 355 g/mol. The van der Waals surface area contributed by atoms with Crippen LogP contribution in [0.5, 0.6) is 0 Å². The highest BCUT2D eigenvalue weighted by Crippen LogP contribution is 2.40. The zero-order valence-corrected chi connectivity index (χ0v) is 15.4. The van der Waals surface area contributed by atoms with Crippen molar-refractivity contribution in [2.24, 2.45) is 17.6 Å². The molecule has 1 aromatic carbocycles. The van der Waals surface area contributed by atoms with Gasteiger partial charge in [-0.15, -0.1) is 0 Å². The minimum absolute atomic E-state index is 0.148. The minimum atomic E-state index is -2.97. The Kier molecular flexibility index (Phi) is 9.92. The van der Waals surface area contributed by atoms with Crippen LogP contribution in [0.4, 0.5) is 0 Å². The molecule has 4 unspecified atom stereocenters. The van der Waals surface area contributed by atoms with Crippen molar-refractivity contribution in [2.75, 3.05) is 6.54 Å². The van der Waals surface area contributed by atoms with Gasteiger partial charge in [0.05, 0.1) is 5.92 Å². The summed E-state index contributed by atoms with van der Waals surface area (Å²) in [6.07, 6.45) is 4.07. The molecule has 4 atom stereocenters. The van der Waals surface area contributed by atoms with Crippen LogP contribution in [0, 0.1) is 11.8 Å². The van der Waals surface area contributed by atoms with Gasteiger partial charge in [0.25, 0.3) is 0 Å². The van der Waals surface area contributed by atoms with Gasteiger partial charge in [-0.3, -0.25) is 9.36 Å². The van der Waals surface area contributed by atoms with Gasteiger partial charge in [0, 0.05) is 5.66 Å². The summed E-state index contributed by atoms with van der Waals surface area (Å²) in [6.45, 7) is 2.49. The number of carboxylic acid groups (broad SMARTS) is 1. The molecule has 1 rings (SSSR count). The Hall–Kier alpha value is -1.16. The molecule has 0 heterocycles. The molecule has 0 amide bonds. The SMILES string of the molecule is CCCCC(C(=O)O)C(C(CCCN)Cc1ccccc1)[PH](=O)O. The van der Waals surface area contributed by atoms with Crippen LogP contribution in [0.15, 0.2) is 30.3 Å². The van der Waals surface area contributed by atoms with Gasteiger partial charge in [-0.25, -0.2) is 0 Å². The van der Waals surface area contributed by atoms with Crippen LogP contribution in [0.1, 0.15) is 44.6 Å². The third-order valence-electron chi connectivity index (χ3n) is 4.53. The number of aliphatic carboxylic acids is 1. The number of benzene rings is 1. The third-order valence-corrected chi connectivity index (χ3v) is 5.98. The van der Waals surface area contributed by atoms with Gasteiger partial charge in [0.1, 0.15) is 0 Å². The first-order valence-corrected chi connectivity index (χ1v) is 10.1. The van der Waals surface area contributed by atoms with E-state index in [9.17, 15) is 19.4 Å². The second-order valence-electron chi connectivity index (χ2n) is 6.33. The maximum Gasteiger partial charge on any atom is 0.307 e. The molecule has 0 aliphatic carbocycles. The highest BCUT2D eigenvalue weighted by molar-refractivity contribution is 7.39. The monoisotopic (exact) mass is 355 g/mol. The first-order valence-electron chi connectivity index (χ1n) is 8.70. The molecule has 0 aliphatic heterocycles. The molecule has 24 heavy (non-hydrogen) atoms. The maximum atomic E-state index is 12.1. The first kappa shape index (κ1) is 20.9. The van der Waals surface area contributed by atoms with Gasteiger partial charge < -0.3 is 15.7 Å². The Bertz CT molecular complexity index is 509. The van der Waals surface area contributed by atoms with E-state index >= 15 is 0 Å². The maximum absolute atomic E-state index is 12.1. The van der Waals surface area contributed by atoms with Gasteiger partial charge in [0.15, 0.2) is 8.03 Å². The summed E-state index contributed by atoms with van der Waals surface area (Å²) in [4.78, 5) is 21.7.